The summed E-state index contributed by atoms with van der Waals surface area (Å²) in [7, 11) is 0. The van der Waals surface area contributed by atoms with Crippen LogP contribution in [0.3, 0.4) is 0 Å². The van der Waals surface area contributed by atoms with E-state index in [4.69, 9.17) is 9.52 Å². The molecule has 20 heavy (non-hydrogen) atoms. The third-order valence-electron chi connectivity index (χ3n) is 2.45. The predicted octanol–water partition coefficient (Wildman–Crippen LogP) is 1.86. The maximum Gasteiger partial charge on any atom is 0.328 e. The highest BCUT2D eigenvalue weighted by molar-refractivity contribution is 7.13. The van der Waals surface area contributed by atoms with Crippen molar-refractivity contribution in [3.63, 3.8) is 0 Å². The molecule has 2 rings (SSSR count). The number of nitrogens with zero attached hydrogens (tertiary/aromatic N) is 1. The fourth-order valence-corrected chi connectivity index (χ4v) is 2.20. The Bertz CT molecular complexity index is 637. The van der Waals surface area contributed by atoms with Gasteiger partial charge in [0.2, 0.25) is 0 Å². The van der Waals surface area contributed by atoms with Crippen LogP contribution in [0.1, 0.15) is 16.2 Å². The maximum atomic E-state index is 12.4. The standard InChI is InChI=1S/C12H11FN2O4S/c1-6-2-3-9(19-6)11-15-8(5-20-11)10(16)14-7(4-13)12(17)18/h2-3,5,7H,4H2,1H3,(H,14,16)(H,17,18). The van der Waals surface area contributed by atoms with Crippen molar-refractivity contribution >= 4 is 23.2 Å². The molecule has 0 bridgehead atoms. The van der Waals surface area contributed by atoms with Gasteiger partial charge in [-0.1, -0.05) is 0 Å². The lowest BCUT2D eigenvalue weighted by atomic mass is 10.3. The molecule has 0 radical (unpaired) electrons. The summed E-state index contributed by atoms with van der Waals surface area (Å²) in [5.41, 5.74) is 0.0266. The number of aryl methyl sites for hydroxylation is 1. The molecule has 0 saturated carbocycles. The van der Waals surface area contributed by atoms with Crippen LogP contribution in [0.15, 0.2) is 21.9 Å². The Hall–Kier alpha value is -2.22. The highest BCUT2D eigenvalue weighted by Gasteiger charge is 2.22. The third-order valence-corrected chi connectivity index (χ3v) is 3.30. The molecule has 106 valence electrons. The molecular formula is C12H11FN2O4S. The summed E-state index contributed by atoms with van der Waals surface area (Å²) in [4.78, 5) is 26.4. The zero-order valence-electron chi connectivity index (χ0n) is 10.4. The van der Waals surface area contributed by atoms with Crippen LogP contribution < -0.4 is 5.32 Å². The monoisotopic (exact) mass is 298 g/mol. The molecule has 2 aromatic heterocycles. The van der Waals surface area contributed by atoms with Gasteiger partial charge in [0.1, 0.15) is 18.1 Å². The van der Waals surface area contributed by atoms with E-state index in [0.717, 1.165) is 0 Å². The Balaban J connectivity index is 2.12. The van der Waals surface area contributed by atoms with Crippen LogP contribution in [-0.4, -0.2) is 34.7 Å². The quantitative estimate of drug-likeness (QED) is 0.879. The first-order chi connectivity index (χ1) is 9.51. The summed E-state index contributed by atoms with van der Waals surface area (Å²) in [6.45, 7) is 0.596. The third kappa shape index (κ3) is 3.02. The van der Waals surface area contributed by atoms with E-state index in [0.29, 0.717) is 16.5 Å². The second kappa shape index (κ2) is 5.83. The number of hydrogen-bond acceptors (Lipinski definition) is 5. The molecule has 2 N–H and O–H groups in total. The number of carboxylic acids is 1. The largest absolute Gasteiger partial charge is 0.480 e. The van der Waals surface area contributed by atoms with E-state index in [-0.39, 0.29) is 5.69 Å². The molecule has 8 heteroatoms. The van der Waals surface area contributed by atoms with E-state index < -0.39 is 24.6 Å². The minimum absolute atomic E-state index is 0.0266. The summed E-state index contributed by atoms with van der Waals surface area (Å²) in [6, 6.07) is 1.91. The molecule has 0 aliphatic heterocycles. The summed E-state index contributed by atoms with van der Waals surface area (Å²) in [5, 5.41) is 12.7. The molecule has 0 aliphatic rings. The normalized spacial score (nSPS) is 12.1. The van der Waals surface area contributed by atoms with E-state index in [9.17, 15) is 14.0 Å². The van der Waals surface area contributed by atoms with Gasteiger partial charge in [-0.3, -0.25) is 4.79 Å². The summed E-state index contributed by atoms with van der Waals surface area (Å²) in [5.74, 6) is -0.935. The second-order valence-electron chi connectivity index (χ2n) is 3.97. The molecular weight excluding hydrogens is 287 g/mol. The van der Waals surface area contributed by atoms with Crippen molar-refractivity contribution in [3.8, 4) is 10.8 Å². The average Bonchev–Trinajstić information content (AvgIpc) is 3.03. The lowest BCUT2D eigenvalue weighted by Crippen LogP contribution is -2.42. The van der Waals surface area contributed by atoms with Crippen molar-refractivity contribution in [2.45, 2.75) is 13.0 Å². The van der Waals surface area contributed by atoms with Crippen LogP contribution in [0.5, 0.6) is 0 Å². The van der Waals surface area contributed by atoms with Crippen molar-refractivity contribution in [2.75, 3.05) is 6.67 Å². The van der Waals surface area contributed by atoms with Crippen molar-refractivity contribution in [2.24, 2.45) is 0 Å². The number of hydrogen-bond donors (Lipinski definition) is 2. The Kier molecular flexibility index (Phi) is 4.14. The summed E-state index contributed by atoms with van der Waals surface area (Å²) in [6.07, 6.45) is 0. The maximum absolute atomic E-state index is 12.4. The Labute approximate surface area is 117 Å². The Morgan fingerprint density at radius 1 is 1.55 bits per heavy atom. The molecule has 0 spiro atoms. The molecule has 1 unspecified atom stereocenters. The number of nitrogens with one attached hydrogen (secondary N) is 1. The number of aromatic nitrogens is 1. The number of halogens is 1. The van der Waals surface area contributed by atoms with Gasteiger partial charge in [-0.2, -0.15) is 0 Å². The zero-order chi connectivity index (χ0) is 14.7. The van der Waals surface area contributed by atoms with Gasteiger partial charge in [0.25, 0.3) is 5.91 Å². The first kappa shape index (κ1) is 14.2. The first-order valence-corrected chi connectivity index (χ1v) is 6.51. The molecule has 0 fully saturated rings. The number of thiazole rings is 1. The van der Waals surface area contributed by atoms with Gasteiger partial charge in [-0.05, 0) is 19.1 Å². The molecule has 0 aromatic carbocycles. The van der Waals surface area contributed by atoms with Gasteiger partial charge < -0.3 is 14.8 Å². The van der Waals surface area contributed by atoms with E-state index in [1.807, 2.05) is 0 Å². The molecule has 6 nitrogen and oxygen atoms in total. The Morgan fingerprint density at radius 3 is 2.85 bits per heavy atom. The molecule has 1 amide bonds. The van der Waals surface area contributed by atoms with Gasteiger partial charge in [0.15, 0.2) is 16.8 Å². The molecule has 1 atom stereocenters. The molecule has 0 aliphatic carbocycles. The number of aliphatic carboxylic acids is 1. The van der Waals surface area contributed by atoms with Crippen molar-refractivity contribution in [3.05, 3.63) is 29.0 Å². The van der Waals surface area contributed by atoms with Crippen LogP contribution in [0.4, 0.5) is 4.39 Å². The van der Waals surface area contributed by atoms with Crippen LogP contribution in [-0.2, 0) is 4.79 Å². The lowest BCUT2D eigenvalue weighted by molar-refractivity contribution is -0.139. The van der Waals surface area contributed by atoms with Crippen molar-refractivity contribution < 1.29 is 23.5 Å². The summed E-state index contributed by atoms with van der Waals surface area (Å²) < 4.78 is 17.8. The molecule has 0 saturated heterocycles. The zero-order valence-corrected chi connectivity index (χ0v) is 11.2. The number of alkyl halides is 1. The summed E-state index contributed by atoms with van der Waals surface area (Å²) >= 11 is 1.18. The van der Waals surface area contributed by atoms with Crippen LogP contribution in [0.2, 0.25) is 0 Å². The fourth-order valence-electron chi connectivity index (χ4n) is 1.44. The van der Waals surface area contributed by atoms with Gasteiger partial charge in [-0.15, -0.1) is 11.3 Å². The highest BCUT2D eigenvalue weighted by Crippen LogP contribution is 2.25. The van der Waals surface area contributed by atoms with E-state index in [1.165, 1.54) is 16.7 Å². The van der Waals surface area contributed by atoms with Gasteiger partial charge in [0, 0.05) is 5.38 Å². The van der Waals surface area contributed by atoms with Gasteiger partial charge in [0.05, 0.1) is 0 Å². The number of carboxylic acid groups (broad SMARTS) is 1. The number of carbonyl (C=O) groups excluding carboxylic acids is 1. The van der Waals surface area contributed by atoms with Gasteiger partial charge in [-0.25, -0.2) is 14.2 Å². The first-order valence-electron chi connectivity index (χ1n) is 5.63. The smallest absolute Gasteiger partial charge is 0.328 e. The lowest BCUT2D eigenvalue weighted by Gasteiger charge is -2.08. The minimum atomic E-state index is -1.57. The predicted molar refractivity (Wildman–Crippen MR) is 69.4 cm³/mol. The molecule has 2 heterocycles. The SMILES string of the molecule is Cc1ccc(-c2nc(C(=O)NC(CF)C(=O)O)cs2)o1. The average molecular weight is 298 g/mol. The number of rotatable bonds is 5. The number of furan rings is 1. The van der Waals surface area contributed by atoms with E-state index in [2.05, 4.69) is 10.3 Å². The van der Waals surface area contributed by atoms with Crippen LogP contribution in [0.25, 0.3) is 10.8 Å². The van der Waals surface area contributed by atoms with Crippen molar-refractivity contribution in [1.82, 2.24) is 10.3 Å². The minimum Gasteiger partial charge on any atom is -0.480 e. The van der Waals surface area contributed by atoms with Crippen LogP contribution >= 0.6 is 11.3 Å². The highest BCUT2D eigenvalue weighted by atomic mass is 32.1. The fraction of sp³-hybridized carbons (Fsp3) is 0.250. The van der Waals surface area contributed by atoms with Crippen molar-refractivity contribution in [1.29, 1.82) is 0 Å². The van der Waals surface area contributed by atoms with E-state index >= 15 is 0 Å². The topological polar surface area (TPSA) is 92.4 Å². The Morgan fingerprint density at radius 2 is 2.30 bits per heavy atom. The second-order valence-corrected chi connectivity index (χ2v) is 4.82. The number of amides is 1. The molecule has 2 aromatic rings. The van der Waals surface area contributed by atoms with E-state index in [1.54, 1.807) is 19.1 Å². The van der Waals surface area contributed by atoms with Crippen LogP contribution in [0, 0.1) is 6.92 Å². The van der Waals surface area contributed by atoms with Gasteiger partial charge >= 0.3 is 5.97 Å². The number of carbonyl (C=O) groups is 2.